The number of carbonyl (C=O) groups is 1. The van der Waals surface area contributed by atoms with Crippen LogP contribution in [0.5, 0.6) is 0 Å². The molecule has 29 heavy (non-hydrogen) atoms. The van der Waals surface area contributed by atoms with E-state index < -0.39 is 11.6 Å². The molecule has 3 N–H and O–H groups in total. The Hall–Kier alpha value is -2.71. The van der Waals surface area contributed by atoms with Crippen LogP contribution in [0.25, 0.3) is 21.9 Å². The van der Waals surface area contributed by atoms with E-state index in [1.807, 2.05) is 45.0 Å². The Bertz CT molecular complexity index is 1010. The number of hydrogen-bond donors (Lipinski definition) is 2. The number of para-hydroxylation sites is 1. The molecule has 8 nitrogen and oxygen atoms in total. The second-order valence-corrected chi connectivity index (χ2v) is 7.57. The zero-order valence-electron chi connectivity index (χ0n) is 17.1. The molecule has 0 aliphatic rings. The summed E-state index contributed by atoms with van der Waals surface area (Å²) in [7, 11) is 0. The number of benzene rings is 1. The van der Waals surface area contributed by atoms with Crippen molar-refractivity contribution in [2.24, 2.45) is 0 Å². The average molecular weight is 400 g/mol. The Morgan fingerprint density at radius 3 is 2.76 bits per heavy atom. The fourth-order valence-corrected chi connectivity index (χ4v) is 3.38. The number of nitrogens with two attached hydrogens (primary N) is 1. The van der Waals surface area contributed by atoms with Gasteiger partial charge in [-0.2, -0.15) is 0 Å². The summed E-state index contributed by atoms with van der Waals surface area (Å²) in [5, 5.41) is 9.78. The lowest BCUT2D eigenvalue weighted by atomic mass is 10.1. The first-order valence-corrected chi connectivity index (χ1v) is 9.79. The smallest absolute Gasteiger partial charge is 0.303 e. The number of carboxylic acid groups (broad SMARTS) is 1. The highest BCUT2D eigenvalue weighted by atomic mass is 16.5. The van der Waals surface area contributed by atoms with Crippen LogP contribution in [0.3, 0.4) is 0 Å². The van der Waals surface area contributed by atoms with Crippen molar-refractivity contribution >= 4 is 33.7 Å². The Labute approximate surface area is 169 Å². The maximum atomic E-state index is 10.7. The molecule has 0 aliphatic heterocycles. The average Bonchev–Trinajstić information content (AvgIpc) is 3.02. The number of rotatable bonds is 10. The number of aliphatic carboxylic acids is 1. The van der Waals surface area contributed by atoms with Gasteiger partial charge < -0.3 is 24.9 Å². The molecule has 0 saturated carbocycles. The van der Waals surface area contributed by atoms with E-state index in [1.165, 1.54) is 0 Å². The van der Waals surface area contributed by atoms with Gasteiger partial charge in [-0.3, -0.25) is 4.79 Å². The molecule has 3 rings (SSSR count). The Morgan fingerprint density at radius 2 is 2.03 bits per heavy atom. The van der Waals surface area contributed by atoms with Gasteiger partial charge in [0.05, 0.1) is 23.2 Å². The first kappa shape index (κ1) is 21.0. The molecule has 0 atom stereocenters. The Kier molecular flexibility index (Phi) is 6.34. The van der Waals surface area contributed by atoms with E-state index >= 15 is 0 Å². The van der Waals surface area contributed by atoms with Crippen molar-refractivity contribution in [3.63, 3.8) is 0 Å². The van der Waals surface area contributed by atoms with E-state index in [1.54, 1.807) is 0 Å². The van der Waals surface area contributed by atoms with Gasteiger partial charge in [0, 0.05) is 25.0 Å². The molecule has 2 heterocycles. The predicted octanol–water partition coefficient (Wildman–Crippen LogP) is 3.36. The second kappa shape index (κ2) is 8.75. The van der Waals surface area contributed by atoms with Crippen LogP contribution in [0.1, 0.15) is 39.4 Å². The molecule has 3 aromatic rings. The number of carboxylic acids is 1. The molecule has 0 saturated heterocycles. The first-order chi connectivity index (χ1) is 13.8. The largest absolute Gasteiger partial charge is 0.481 e. The molecule has 0 unspecified atom stereocenters. The van der Waals surface area contributed by atoms with Crippen LogP contribution in [-0.4, -0.2) is 44.4 Å². The lowest BCUT2D eigenvalue weighted by Crippen LogP contribution is -2.32. The lowest BCUT2D eigenvalue weighted by Gasteiger charge is -2.27. The number of imidazole rings is 1. The van der Waals surface area contributed by atoms with Gasteiger partial charge in [-0.05, 0) is 33.3 Å². The minimum Gasteiger partial charge on any atom is -0.481 e. The molecule has 156 valence electrons. The molecule has 8 heteroatoms. The van der Waals surface area contributed by atoms with E-state index in [0.29, 0.717) is 44.1 Å². The Balaban J connectivity index is 2.00. The minimum absolute atomic E-state index is 0.0898. The number of ether oxygens (including phenoxy) is 2. The molecule has 0 fully saturated rings. The highest BCUT2D eigenvalue weighted by Crippen LogP contribution is 2.30. The molecular weight excluding hydrogens is 372 g/mol. The van der Waals surface area contributed by atoms with E-state index in [9.17, 15) is 4.79 Å². The van der Waals surface area contributed by atoms with Crippen molar-refractivity contribution in [3.05, 3.63) is 30.1 Å². The maximum absolute atomic E-state index is 10.7. The normalized spacial score (nSPS) is 12.1. The fraction of sp³-hybridized carbons (Fsp3) is 0.476. The van der Waals surface area contributed by atoms with Crippen LogP contribution < -0.4 is 5.73 Å². The molecule has 0 spiro atoms. The standard InChI is InChI=1S/C21H28N4O4/c1-4-28-12-16-24-18-19(14-8-5-6-9-15(14)23-20(18)22)25(16)13-21(2,3)29-11-7-10-17(26)27/h5-6,8-9H,4,7,10-13H2,1-3H3,(H2,22,23)(H,26,27). The van der Waals surface area contributed by atoms with Crippen molar-refractivity contribution in [1.29, 1.82) is 0 Å². The predicted molar refractivity (Wildman–Crippen MR) is 112 cm³/mol. The van der Waals surface area contributed by atoms with Gasteiger partial charge in [-0.25, -0.2) is 9.97 Å². The third kappa shape index (κ3) is 4.83. The lowest BCUT2D eigenvalue weighted by molar-refractivity contribution is -0.137. The quantitative estimate of drug-likeness (QED) is 0.502. The van der Waals surface area contributed by atoms with Gasteiger partial charge in [0.25, 0.3) is 0 Å². The van der Waals surface area contributed by atoms with Crippen LogP contribution >= 0.6 is 0 Å². The monoisotopic (exact) mass is 400 g/mol. The maximum Gasteiger partial charge on any atom is 0.303 e. The summed E-state index contributed by atoms with van der Waals surface area (Å²) in [6, 6.07) is 7.83. The number of nitrogens with zero attached hydrogens (tertiary/aromatic N) is 3. The second-order valence-electron chi connectivity index (χ2n) is 7.57. The van der Waals surface area contributed by atoms with E-state index in [2.05, 4.69) is 9.55 Å². The number of pyridine rings is 1. The molecule has 0 bridgehead atoms. The van der Waals surface area contributed by atoms with Crippen LogP contribution in [0.2, 0.25) is 0 Å². The minimum atomic E-state index is -0.819. The van der Waals surface area contributed by atoms with Crippen molar-refractivity contribution in [2.75, 3.05) is 18.9 Å². The van der Waals surface area contributed by atoms with Gasteiger partial charge in [0.15, 0.2) is 5.82 Å². The van der Waals surface area contributed by atoms with Crippen LogP contribution in [-0.2, 0) is 27.4 Å². The summed E-state index contributed by atoms with van der Waals surface area (Å²) in [6.45, 7) is 7.73. The number of fused-ring (bicyclic) bond motifs is 3. The molecule has 0 amide bonds. The van der Waals surface area contributed by atoms with Crippen LogP contribution in [0, 0.1) is 0 Å². The fourth-order valence-electron chi connectivity index (χ4n) is 3.38. The Morgan fingerprint density at radius 1 is 1.28 bits per heavy atom. The number of anilines is 1. The van der Waals surface area contributed by atoms with Crippen LogP contribution in [0.15, 0.2) is 24.3 Å². The first-order valence-electron chi connectivity index (χ1n) is 9.79. The number of aromatic nitrogens is 3. The third-order valence-electron chi connectivity index (χ3n) is 4.69. The third-order valence-corrected chi connectivity index (χ3v) is 4.69. The van der Waals surface area contributed by atoms with Gasteiger partial charge >= 0.3 is 5.97 Å². The molecule has 2 aromatic heterocycles. The topological polar surface area (TPSA) is 112 Å². The summed E-state index contributed by atoms with van der Waals surface area (Å²) in [5.41, 5.74) is 8.04. The summed E-state index contributed by atoms with van der Waals surface area (Å²) < 4.78 is 13.7. The highest BCUT2D eigenvalue weighted by molar-refractivity contribution is 6.06. The van der Waals surface area contributed by atoms with Crippen molar-refractivity contribution in [3.8, 4) is 0 Å². The molecule has 0 radical (unpaired) electrons. The number of hydrogen-bond acceptors (Lipinski definition) is 6. The van der Waals surface area contributed by atoms with Crippen molar-refractivity contribution < 1.29 is 19.4 Å². The summed E-state index contributed by atoms with van der Waals surface area (Å²) in [4.78, 5) is 19.9. The van der Waals surface area contributed by atoms with E-state index in [-0.39, 0.29) is 6.42 Å². The summed E-state index contributed by atoms with van der Waals surface area (Å²) in [5.74, 6) is 0.324. The van der Waals surface area contributed by atoms with E-state index in [4.69, 9.17) is 25.3 Å². The van der Waals surface area contributed by atoms with Gasteiger partial charge in [0.2, 0.25) is 0 Å². The zero-order chi connectivity index (χ0) is 21.0. The van der Waals surface area contributed by atoms with Gasteiger partial charge in [0.1, 0.15) is 17.9 Å². The van der Waals surface area contributed by atoms with Crippen molar-refractivity contribution in [2.45, 2.75) is 52.4 Å². The van der Waals surface area contributed by atoms with Crippen LogP contribution in [0.4, 0.5) is 5.82 Å². The SMILES string of the molecule is CCOCc1nc2c(N)nc3ccccc3c2n1CC(C)(C)OCCCC(=O)O. The highest BCUT2D eigenvalue weighted by Gasteiger charge is 2.25. The van der Waals surface area contributed by atoms with Gasteiger partial charge in [-0.15, -0.1) is 0 Å². The summed E-state index contributed by atoms with van der Waals surface area (Å²) in [6.07, 6.45) is 0.557. The summed E-state index contributed by atoms with van der Waals surface area (Å²) >= 11 is 0. The molecule has 1 aromatic carbocycles. The molecule has 0 aliphatic carbocycles. The van der Waals surface area contributed by atoms with E-state index in [0.717, 1.165) is 22.2 Å². The van der Waals surface area contributed by atoms with Crippen molar-refractivity contribution in [1.82, 2.24) is 14.5 Å². The van der Waals surface area contributed by atoms with Gasteiger partial charge in [-0.1, -0.05) is 18.2 Å². The molecular formula is C21H28N4O4. The number of nitrogen functional groups attached to an aromatic ring is 1. The zero-order valence-corrected chi connectivity index (χ0v) is 17.1.